The fraction of sp³-hybridized carbons (Fsp3) is 0.900. The number of urea groups is 1. The van der Waals surface area contributed by atoms with Crippen LogP contribution in [-0.2, 0) is 14.3 Å². The van der Waals surface area contributed by atoms with Crippen LogP contribution in [-0.4, -0.2) is 90.4 Å². The molecule has 3 fully saturated rings. The number of amides is 3. The van der Waals surface area contributed by atoms with Crippen molar-refractivity contribution in [1.29, 1.82) is 0 Å². The van der Waals surface area contributed by atoms with Crippen molar-refractivity contribution in [3.05, 3.63) is 0 Å². The number of hydrogen-bond donors (Lipinski definition) is 4. The first-order valence-electron chi connectivity index (χ1n) is 10.8. The summed E-state index contributed by atoms with van der Waals surface area (Å²) in [5.41, 5.74) is 0. The summed E-state index contributed by atoms with van der Waals surface area (Å²) < 4.78 is 10.9. The molecular formula is C20H35N3O6. The number of aliphatic hydroxyl groups is 2. The molecule has 0 radical (unpaired) electrons. The van der Waals surface area contributed by atoms with Gasteiger partial charge < -0.3 is 35.2 Å². The van der Waals surface area contributed by atoms with Crippen LogP contribution < -0.4 is 10.6 Å². The molecule has 9 nitrogen and oxygen atoms in total. The van der Waals surface area contributed by atoms with Crippen molar-refractivity contribution < 1.29 is 29.3 Å². The zero-order valence-corrected chi connectivity index (χ0v) is 17.2. The van der Waals surface area contributed by atoms with Crippen molar-refractivity contribution in [2.45, 2.75) is 87.9 Å². The quantitative estimate of drug-likeness (QED) is 0.471. The molecule has 3 aliphatic rings. The van der Waals surface area contributed by atoms with E-state index in [2.05, 4.69) is 10.6 Å². The molecule has 0 aromatic heterocycles. The Morgan fingerprint density at radius 1 is 1.07 bits per heavy atom. The Morgan fingerprint density at radius 2 is 1.79 bits per heavy atom. The first-order chi connectivity index (χ1) is 14.0. The predicted octanol–water partition coefficient (Wildman–Crippen LogP) is 0.135. The molecule has 2 saturated heterocycles. The number of likely N-dealkylation sites (tertiary alicyclic amines) is 1. The first kappa shape index (κ1) is 22.3. The van der Waals surface area contributed by atoms with E-state index in [0.717, 1.165) is 38.5 Å². The molecule has 3 rings (SSSR count). The van der Waals surface area contributed by atoms with E-state index in [9.17, 15) is 19.8 Å². The summed E-state index contributed by atoms with van der Waals surface area (Å²) in [5.74, 6) is -0.107. The molecule has 0 bridgehead atoms. The molecule has 1 aliphatic carbocycles. The third kappa shape index (κ3) is 5.81. The Kier molecular flexibility index (Phi) is 8.11. The van der Waals surface area contributed by atoms with Gasteiger partial charge in [0.05, 0.1) is 25.2 Å². The SMILES string of the molecule is COC[C@H]1CCCN1C(=O)C[C@@H]1O[C@H](CNC(=O)NC2CCCCC2)[C@@H](O)[C@H]1O. The number of carbonyl (C=O) groups is 2. The number of hydrogen-bond acceptors (Lipinski definition) is 6. The maximum absolute atomic E-state index is 12.7. The Morgan fingerprint density at radius 3 is 2.52 bits per heavy atom. The average Bonchev–Trinajstić information content (AvgIpc) is 3.28. The van der Waals surface area contributed by atoms with Crippen LogP contribution >= 0.6 is 0 Å². The van der Waals surface area contributed by atoms with Crippen molar-refractivity contribution in [1.82, 2.24) is 15.5 Å². The van der Waals surface area contributed by atoms with Crippen LogP contribution in [0.2, 0.25) is 0 Å². The molecule has 0 spiro atoms. The smallest absolute Gasteiger partial charge is 0.315 e. The van der Waals surface area contributed by atoms with Crippen LogP contribution in [0.15, 0.2) is 0 Å². The van der Waals surface area contributed by atoms with Gasteiger partial charge in [0.25, 0.3) is 0 Å². The minimum Gasteiger partial charge on any atom is -0.388 e. The van der Waals surface area contributed by atoms with Crippen LogP contribution in [0, 0.1) is 0 Å². The number of rotatable bonds is 7. The van der Waals surface area contributed by atoms with Gasteiger partial charge in [-0.25, -0.2) is 4.79 Å². The van der Waals surface area contributed by atoms with E-state index in [-0.39, 0.29) is 37.0 Å². The summed E-state index contributed by atoms with van der Waals surface area (Å²) in [5, 5.41) is 26.3. The molecular weight excluding hydrogens is 378 g/mol. The van der Waals surface area contributed by atoms with E-state index >= 15 is 0 Å². The fourth-order valence-electron chi connectivity index (χ4n) is 4.66. The van der Waals surface area contributed by atoms with Crippen molar-refractivity contribution in [3.63, 3.8) is 0 Å². The van der Waals surface area contributed by atoms with Gasteiger partial charge in [-0.2, -0.15) is 0 Å². The minimum atomic E-state index is -1.16. The van der Waals surface area contributed by atoms with E-state index in [1.807, 2.05) is 0 Å². The second kappa shape index (κ2) is 10.6. The highest BCUT2D eigenvalue weighted by molar-refractivity contribution is 5.77. The number of nitrogens with one attached hydrogen (secondary N) is 2. The Labute approximate surface area is 172 Å². The molecule has 29 heavy (non-hydrogen) atoms. The van der Waals surface area contributed by atoms with Gasteiger partial charge >= 0.3 is 6.03 Å². The number of nitrogens with zero attached hydrogens (tertiary/aromatic N) is 1. The van der Waals surface area contributed by atoms with Gasteiger partial charge in [0.15, 0.2) is 0 Å². The summed E-state index contributed by atoms with van der Waals surface area (Å²) in [6.45, 7) is 1.24. The summed E-state index contributed by atoms with van der Waals surface area (Å²) in [6, 6.07) is -0.0484. The second-order valence-electron chi connectivity index (χ2n) is 8.43. The number of methoxy groups -OCH3 is 1. The molecule has 4 N–H and O–H groups in total. The largest absolute Gasteiger partial charge is 0.388 e. The van der Waals surface area contributed by atoms with Crippen LogP contribution in [0.4, 0.5) is 4.79 Å². The zero-order chi connectivity index (χ0) is 20.8. The monoisotopic (exact) mass is 413 g/mol. The summed E-state index contributed by atoms with van der Waals surface area (Å²) in [7, 11) is 1.61. The number of ether oxygens (including phenoxy) is 2. The highest BCUT2D eigenvalue weighted by Crippen LogP contribution is 2.26. The lowest BCUT2D eigenvalue weighted by Crippen LogP contribution is -2.47. The van der Waals surface area contributed by atoms with Crippen LogP contribution in [0.3, 0.4) is 0 Å². The van der Waals surface area contributed by atoms with E-state index in [4.69, 9.17) is 9.47 Å². The van der Waals surface area contributed by atoms with E-state index in [1.54, 1.807) is 12.0 Å². The van der Waals surface area contributed by atoms with Gasteiger partial charge in [0.1, 0.15) is 18.3 Å². The van der Waals surface area contributed by atoms with Crippen LogP contribution in [0.25, 0.3) is 0 Å². The van der Waals surface area contributed by atoms with Gasteiger partial charge in [0.2, 0.25) is 5.91 Å². The predicted molar refractivity (Wildman–Crippen MR) is 105 cm³/mol. The Bertz CT molecular complexity index is 556. The Balaban J connectivity index is 1.44. The highest BCUT2D eigenvalue weighted by atomic mass is 16.5. The lowest BCUT2D eigenvalue weighted by Gasteiger charge is -2.26. The van der Waals surface area contributed by atoms with E-state index in [0.29, 0.717) is 13.2 Å². The molecule has 2 aliphatic heterocycles. The van der Waals surface area contributed by atoms with Gasteiger partial charge in [-0.1, -0.05) is 19.3 Å². The topological polar surface area (TPSA) is 120 Å². The fourth-order valence-corrected chi connectivity index (χ4v) is 4.66. The molecule has 9 heteroatoms. The summed E-state index contributed by atoms with van der Waals surface area (Å²) in [4.78, 5) is 26.5. The Hall–Kier alpha value is -1.42. The summed E-state index contributed by atoms with van der Waals surface area (Å²) >= 11 is 0. The standard InChI is InChI=1S/C20H35N3O6/c1-28-12-14-8-5-9-23(14)17(24)10-15-18(25)19(26)16(29-15)11-21-20(27)22-13-6-3-2-4-7-13/h13-16,18-19,25-26H,2-12H2,1H3,(H2,21,22,27)/t14-,15+,16-,18+,19-/m1/s1. The van der Waals surface area contributed by atoms with Crippen LogP contribution in [0.1, 0.15) is 51.4 Å². The van der Waals surface area contributed by atoms with E-state index < -0.39 is 24.4 Å². The van der Waals surface area contributed by atoms with Gasteiger partial charge in [-0.05, 0) is 25.7 Å². The molecule has 0 unspecified atom stereocenters. The van der Waals surface area contributed by atoms with Crippen molar-refractivity contribution in [2.75, 3.05) is 26.8 Å². The maximum atomic E-state index is 12.7. The van der Waals surface area contributed by atoms with Crippen molar-refractivity contribution in [2.24, 2.45) is 0 Å². The molecule has 3 amide bonds. The lowest BCUT2D eigenvalue weighted by molar-refractivity contribution is -0.137. The van der Waals surface area contributed by atoms with Crippen molar-refractivity contribution >= 4 is 11.9 Å². The van der Waals surface area contributed by atoms with Crippen LogP contribution in [0.5, 0.6) is 0 Å². The molecule has 2 heterocycles. The normalized spacial score (nSPS) is 33.1. The van der Waals surface area contributed by atoms with E-state index in [1.165, 1.54) is 6.42 Å². The third-order valence-electron chi connectivity index (χ3n) is 6.30. The van der Waals surface area contributed by atoms with Gasteiger partial charge in [-0.3, -0.25) is 4.79 Å². The average molecular weight is 414 g/mol. The molecule has 0 aromatic carbocycles. The molecule has 1 saturated carbocycles. The summed E-state index contributed by atoms with van der Waals surface area (Å²) in [6.07, 6.45) is 3.44. The number of carbonyl (C=O) groups excluding carboxylic acids is 2. The molecule has 0 aromatic rings. The van der Waals surface area contributed by atoms with Crippen molar-refractivity contribution in [3.8, 4) is 0 Å². The van der Waals surface area contributed by atoms with Gasteiger partial charge in [-0.15, -0.1) is 0 Å². The highest BCUT2D eigenvalue weighted by Gasteiger charge is 2.44. The van der Waals surface area contributed by atoms with Gasteiger partial charge in [0, 0.05) is 26.2 Å². The second-order valence-corrected chi connectivity index (χ2v) is 8.43. The maximum Gasteiger partial charge on any atom is 0.315 e. The first-order valence-corrected chi connectivity index (χ1v) is 10.8. The number of aliphatic hydroxyl groups excluding tert-OH is 2. The third-order valence-corrected chi connectivity index (χ3v) is 6.30. The minimum absolute atomic E-state index is 0.00319. The molecule has 166 valence electrons. The molecule has 5 atom stereocenters. The zero-order valence-electron chi connectivity index (χ0n) is 17.2. The lowest BCUT2D eigenvalue weighted by atomic mass is 9.96.